The maximum Gasteiger partial charge on any atom is 0.294 e. The summed E-state index contributed by atoms with van der Waals surface area (Å²) in [7, 11) is -3.81. The van der Waals surface area contributed by atoms with Crippen LogP contribution in [-0.2, 0) is 27.9 Å². The molecule has 152 valence electrons. The van der Waals surface area contributed by atoms with Crippen LogP contribution in [0.4, 0.5) is 0 Å². The summed E-state index contributed by atoms with van der Waals surface area (Å²) >= 11 is 1.11. The SMILES string of the molecule is Cc1nc(C)c(S(=O)(=O)n2cc3c(n2)CN(C(=O)[C@H](CO)c2ccccc2)C3)s1. The van der Waals surface area contributed by atoms with E-state index in [-0.39, 0.29) is 29.8 Å². The predicted molar refractivity (Wildman–Crippen MR) is 107 cm³/mol. The molecule has 8 nitrogen and oxygen atoms in total. The summed E-state index contributed by atoms with van der Waals surface area (Å²) in [4.78, 5) is 18.7. The predicted octanol–water partition coefficient (Wildman–Crippen LogP) is 1.81. The number of benzene rings is 1. The summed E-state index contributed by atoms with van der Waals surface area (Å²) in [5.74, 6) is -0.862. The van der Waals surface area contributed by atoms with E-state index in [4.69, 9.17) is 0 Å². The molecule has 0 radical (unpaired) electrons. The lowest BCUT2D eigenvalue weighted by molar-refractivity contribution is -0.134. The molecule has 1 amide bonds. The standard InChI is InChI=1S/C19H20N4O4S2/c1-12-19(28-13(2)20-12)29(26,27)23-9-15-8-22(10-17(15)21-23)18(25)16(11-24)14-6-4-3-5-7-14/h3-7,9,16,24H,8,10-11H2,1-2H3/t16-/m1/s1. The van der Waals surface area contributed by atoms with E-state index in [9.17, 15) is 18.3 Å². The fourth-order valence-corrected chi connectivity index (χ4v) is 6.19. The number of carbonyl (C=O) groups excluding carboxylic acids is 1. The first-order valence-electron chi connectivity index (χ1n) is 9.03. The van der Waals surface area contributed by atoms with Gasteiger partial charge in [0.05, 0.1) is 35.5 Å². The van der Waals surface area contributed by atoms with Gasteiger partial charge in [0.1, 0.15) is 0 Å². The molecule has 29 heavy (non-hydrogen) atoms. The lowest BCUT2D eigenvalue weighted by Gasteiger charge is -2.22. The second-order valence-electron chi connectivity index (χ2n) is 6.92. The summed E-state index contributed by atoms with van der Waals surface area (Å²) in [6, 6.07) is 9.11. The number of aromatic nitrogens is 3. The van der Waals surface area contributed by atoms with E-state index in [1.165, 1.54) is 6.20 Å². The van der Waals surface area contributed by atoms with E-state index in [1.54, 1.807) is 30.9 Å². The third-order valence-corrected chi connectivity index (χ3v) is 8.09. The molecule has 0 bridgehead atoms. The fourth-order valence-electron chi connectivity index (χ4n) is 3.48. The molecular weight excluding hydrogens is 412 g/mol. The molecule has 4 rings (SSSR count). The Hall–Kier alpha value is -2.56. The van der Waals surface area contributed by atoms with Gasteiger partial charge in [-0.1, -0.05) is 30.3 Å². The monoisotopic (exact) mass is 432 g/mol. The highest BCUT2D eigenvalue weighted by Gasteiger charge is 2.33. The van der Waals surface area contributed by atoms with Crippen LogP contribution < -0.4 is 0 Å². The van der Waals surface area contributed by atoms with E-state index in [1.807, 2.05) is 18.2 Å². The van der Waals surface area contributed by atoms with Gasteiger partial charge in [-0.05, 0) is 19.4 Å². The van der Waals surface area contributed by atoms with Crippen molar-refractivity contribution in [3.8, 4) is 0 Å². The minimum Gasteiger partial charge on any atom is -0.395 e. The van der Waals surface area contributed by atoms with Gasteiger partial charge in [0.15, 0.2) is 4.21 Å². The number of hydrogen-bond acceptors (Lipinski definition) is 7. The Morgan fingerprint density at radius 1 is 1.24 bits per heavy atom. The lowest BCUT2D eigenvalue weighted by Crippen LogP contribution is -2.33. The topological polar surface area (TPSA) is 105 Å². The molecule has 0 unspecified atom stereocenters. The minimum atomic E-state index is -3.81. The first kappa shape index (κ1) is 19.7. The average molecular weight is 433 g/mol. The van der Waals surface area contributed by atoms with E-state index >= 15 is 0 Å². The molecule has 0 spiro atoms. The number of aliphatic hydroxyl groups excluding tert-OH is 1. The van der Waals surface area contributed by atoms with Crippen molar-refractivity contribution in [3.05, 3.63) is 64.1 Å². The van der Waals surface area contributed by atoms with Gasteiger partial charge in [0.25, 0.3) is 10.0 Å². The Bertz CT molecular complexity index is 1140. The van der Waals surface area contributed by atoms with Crippen molar-refractivity contribution >= 4 is 27.3 Å². The van der Waals surface area contributed by atoms with Gasteiger partial charge in [-0.25, -0.2) is 4.98 Å². The van der Waals surface area contributed by atoms with Crippen LogP contribution in [0.3, 0.4) is 0 Å². The fraction of sp³-hybridized carbons (Fsp3) is 0.316. The number of aliphatic hydroxyl groups is 1. The number of aryl methyl sites for hydroxylation is 2. The first-order chi connectivity index (χ1) is 13.8. The molecule has 3 aromatic rings. The van der Waals surface area contributed by atoms with Gasteiger partial charge < -0.3 is 10.0 Å². The number of nitrogens with zero attached hydrogens (tertiary/aromatic N) is 4. The van der Waals surface area contributed by atoms with Gasteiger partial charge in [0.2, 0.25) is 5.91 Å². The lowest BCUT2D eigenvalue weighted by atomic mass is 9.98. The van der Waals surface area contributed by atoms with Crippen LogP contribution in [0.1, 0.15) is 33.4 Å². The number of hydrogen-bond donors (Lipinski definition) is 1. The van der Waals surface area contributed by atoms with Gasteiger partial charge in [-0.2, -0.15) is 17.6 Å². The van der Waals surface area contributed by atoms with Crippen molar-refractivity contribution in [2.45, 2.75) is 37.1 Å². The second kappa shape index (κ2) is 7.36. The van der Waals surface area contributed by atoms with Crippen LogP contribution >= 0.6 is 11.3 Å². The summed E-state index contributed by atoms with van der Waals surface area (Å²) < 4.78 is 26.9. The Kier molecular flexibility index (Phi) is 5.01. The van der Waals surface area contributed by atoms with Gasteiger partial charge >= 0.3 is 0 Å². The Labute approximate surface area is 172 Å². The molecule has 10 heteroatoms. The molecule has 1 aliphatic rings. The van der Waals surface area contributed by atoms with Crippen LogP contribution in [-0.4, -0.2) is 45.1 Å². The van der Waals surface area contributed by atoms with Crippen molar-refractivity contribution in [3.63, 3.8) is 0 Å². The molecule has 2 aromatic heterocycles. The average Bonchev–Trinajstić information content (AvgIpc) is 3.36. The second-order valence-corrected chi connectivity index (χ2v) is 10.1. The van der Waals surface area contributed by atoms with Crippen molar-refractivity contribution in [2.24, 2.45) is 0 Å². The summed E-state index contributed by atoms with van der Waals surface area (Å²) in [6.07, 6.45) is 1.46. The van der Waals surface area contributed by atoms with Crippen molar-refractivity contribution in [1.82, 2.24) is 19.1 Å². The molecule has 0 fully saturated rings. The van der Waals surface area contributed by atoms with Gasteiger partial charge in [-0.15, -0.1) is 11.3 Å². The molecule has 1 aliphatic heterocycles. The van der Waals surface area contributed by atoms with Crippen LogP contribution in [0.15, 0.2) is 40.7 Å². The van der Waals surface area contributed by atoms with E-state index < -0.39 is 15.9 Å². The molecule has 1 N–H and O–H groups in total. The number of carbonyl (C=O) groups is 1. The third kappa shape index (κ3) is 3.47. The molecular formula is C19H20N4O4S2. The molecule has 1 aromatic carbocycles. The zero-order valence-corrected chi connectivity index (χ0v) is 17.6. The number of thiazole rings is 1. The Morgan fingerprint density at radius 2 is 1.97 bits per heavy atom. The zero-order chi connectivity index (χ0) is 20.8. The molecule has 0 saturated carbocycles. The maximum atomic E-state index is 12.9. The molecule has 3 heterocycles. The zero-order valence-electron chi connectivity index (χ0n) is 15.9. The van der Waals surface area contributed by atoms with E-state index in [0.29, 0.717) is 22.0 Å². The molecule has 0 aliphatic carbocycles. The maximum absolute atomic E-state index is 12.9. The van der Waals surface area contributed by atoms with E-state index in [0.717, 1.165) is 21.0 Å². The number of rotatable bonds is 5. The first-order valence-corrected chi connectivity index (χ1v) is 11.3. The van der Waals surface area contributed by atoms with Crippen molar-refractivity contribution in [1.29, 1.82) is 0 Å². The van der Waals surface area contributed by atoms with Crippen LogP contribution in [0.5, 0.6) is 0 Å². The van der Waals surface area contributed by atoms with Crippen LogP contribution in [0.2, 0.25) is 0 Å². The van der Waals surface area contributed by atoms with E-state index in [2.05, 4.69) is 10.1 Å². The Balaban J connectivity index is 1.56. The Morgan fingerprint density at radius 3 is 2.55 bits per heavy atom. The summed E-state index contributed by atoms with van der Waals surface area (Å²) in [5.41, 5.74) is 2.43. The van der Waals surface area contributed by atoms with Gasteiger partial charge in [-0.3, -0.25) is 4.79 Å². The van der Waals surface area contributed by atoms with Crippen molar-refractivity contribution in [2.75, 3.05) is 6.61 Å². The smallest absolute Gasteiger partial charge is 0.294 e. The third-order valence-electron chi connectivity index (χ3n) is 4.89. The quantitative estimate of drug-likeness (QED) is 0.659. The van der Waals surface area contributed by atoms with Crippen LogP contribution in [0, 0.1) is 13.8 Å². The number of fused-ring (bicyclic) bond motifs is 1. The van der Waals surface area contributed by atoms with Crippen molar-refractivity contribution < 1.29 is 18.3 Å². The highest BCUT2D eigenvalue weighted by molar-refractivity contribution is 7.92. The highest BCUT2D eigenvalue weighted by Crippen LogP contribution is 2.29. The molecule has 1 atom stereocenters. The normalized spacial score (nSPS) is 14.8. The van der Waals surface area contributed by atoms with Gasteiger partial charge in [0, 0.05) is 18.3 Å². The summed E-state index contributed by atoms with van der Waals surface area (Å²) in [5, 5.41) is 14.6. The summed E-state index contributed by atoms with van der Waals surface area (Å²) in [6.45, 7) is 3.59. The molecule has 0 saturated heterocycles. The largest absolute Gasteiger partial charge is 0.395 e. The van der Waals surface area contributed by atoms with Crippen LogP contribution in [0.25, 0.3) is 0 Å². The highest BCUT2D eigenvalue weighted by atomic mass is 32.2. The minimum absolute atomic E-state index is 0.175. The number of amides is 1.